The van der Waals surface area contributed by atoms with E-state index in [4.69, 9.17) is 5.73 Å². The first kappa shape index (κ1) is 11.8. The van der Waals surface area contributed by atoms with Crippen LogP contribution in [0.1, 0.15) is 12.5 Å². The van der Waals surface area contributed by atoms with Gasteiger partial charge >= 0.3 is 0 Å². The number of nitrogens with one attached hydrogen (secondary N) is 1. The van der Waals surface area contributed by atoms with Gasteiger partial charge in [-0.2, -0.15) is 0 Å². The van der Waals surface area contributed by atoms with E-state index in [2.05, 4.69) is 29.2 Å². The van der Waals surface area contributed by atoms with E-state index in [0.29, 0.717) is 0 Å². The molecule has 0 aliphatic heterocycles. The standard InChI is InChI=1S/C11H20N4/c1-4-15(3)6-5-13-11-7-10(12)9(2)8-14-11/h7-8H,4-6H2,1-3H3,(H3,12,13,14). The lowest BCUT2D eigenvalue weighted by Gasteiger charge is -2.14. The lowest BCUT2D eigenvalue weighted by atomic mass is 10.2. The van der Waals surface area contributed by atoms with Crippen molar-refractivity contribution in [2.75, 3.05) is 37.7 Å². The average molecular weight is 208 g/mol. The van der Waals surface area contributed by atoms with Crippen LogP contribution in [0, 0.1) is 6.92 Å². The van der Waals surface area contributed by atoms with Gasteiger partial charge < -0.3 is 16.0 Å². The molecule has 0 atom stereocenters. The van der Waals surface area contributed by atoms with Crippen molar-refractivity contribution >= 4 is 11.5 Å². The molecule has 0 aromatic carbocycles. The molecule has 0 unspecified atom stereocenters. The lowest BCUT2D eigenvalue weighted by Crippen LogP contribution is -2.24. The van der Waals surface area contributed by atoms with Crippen molar-refractivity contribution in [3.8, 4) is 0 Å². The maximum absolute atomic E-state index is 5.79. The van der Waals surface area contributed by atoms with E-state index in [9.17, 15) is 0 Å². The zero-order valence-electron chi connectivity index (χ0n) is 9.75. The highest BCUT2D eigenvalue weighted by atomic mass is 15.1. The highest BCUT2D eigenvalue weighted by Crippen LogP contribution is 2.12. The maximum atomic E-state index is 5.79. The Labute approximate surface area is 91.5 Å². The number of hydrogen-bond donors (Lipinski definition) is 2. The van der Waals surface area contributed by atoms with Crippen LogP contribution in [0.15, 0.2) is 12.3 Å². The van der Waals surface area contributed by atoms with Gasteiger partial charge in [-0.05, 0) is 26.1 Å². The number of aryl methyl sites for hydroxylation is 1. The Bertz CT molecular complexity index is 311. The maximum Gasteiger partial charge on any atom is 0.128 e. The molecular weight excluding hydrogens is 188 g/mol. The van der Waals surface area contributed by atoms with Gasteiger partial charge in [0.2, 0.25) is 0 Å². The van der Waals surface area contributed by atoms with Crippen LogP contribution in [-0.2, 0) is 0 Å². The number of nitrogens with two attached hydrogens (primary N) is 1. The van der Waals surface area contributed by atoms with Gasteiger partial charge in [0.15, 0.2) is 0 Å². The van der Waals surface area contributed by atoms with Crippen LogP contribution in [0.4, 0.5) is 11.5 Å². The summed E-state index contributed by atoms with van der Waals surface area (Å²) in [5, 5.41) is 3.25. The first-order valence-electron chi connectivity index (χ1n) is 5.28. The van der Waals surface area contributed by atoms with Gasteiger partial charge in [0.25, 0.3) is 0 Å². The zero-order chi connectivity index (χ0) is 11.3. The van der Waals surface area contributed by atoms with Gasteiger partial charge in [-0.1, -0.05) is 6.92 Å². The predicted octanol–water partition coefficient (Wildman–Crippen LogP) is 1.34. The van der Waals surface area contributed by atoms with Crippen molar-refractivity contribution in [3.05, 3.63) is 17.8 Å². The molecule has 1 aromatic heterocycles. The Kier molecular flexibility index (Phi) is 4.37. The third-order valence-electron chi connectivity index (χ3n) is 2.48. The van der Waals surface area contributed by atoms with E-state index in [1.165, 1.54) is 0 Å². The molecule has 0 saturated heterocycles. The van der Waals surface area contributed by atoms with Crippen LogP contribution >= 0.6 is 0 Å². The van der Waals surface area contributed by atoms with E-state index in [1.54, 1.807) is 6.20 Å². The number of nitrogens with zero attached hydrogens (tertiary/aromatic N) is 2. The van der Waals surface area contributed by atoms with Gasteiger partial charge in [0, 0.05) is 31.0 Å². The minimum absolute atomic E-state index is 0.788. The number of nitrogen functional groups attached to an aromatic ring is 1. The third kappa shape index (κ3) is 3.75. The molecule has 0 amide bonds. The smallest absolute Gasteiger partial charge is 0.128 e. The van der Waals surface area contributed by atoms with Crippen molar-refractivity contribution in [3.63, 3.8) is 0 Å². The van der Waals surface area contributed by atoms with E-state index in [0.717, 1.165) is 36.7 Å². The molecule has 0 fully saturated rings. The SMILES string of the molecule is CCN(C)CCNc1cc(N)c(C)cn1. The Hall–Kier alpha value is -1.29. The topological polar surface area (TPSA) is 54.2 Å². The number of hydrogen-bond acceptors (Lipinski definition) is 4. The fourth-order valence-corrected chi connectivity index (χ4v) is 1.17. The number of pyridine rings is 1. The van der Waals surface area contributed by atoms with Gasteiger partial charge in [-0.3, -0.25) is 0 Å². The quantitative estimate of drug-likeness (QED) is 0.766. The van der Waals surface area contributed by atoms with Crippen LogP contribution in [0.2, 0.25) is 0 Å². The van der Waals surface area contributed by atoms with Crippen LogP contribution < -0.4 is 11.1 Å². The molecule has 1 heterocycles. The molecule has 0 radical (unpaired) electrons. The Morgan fingerprint density at radius 3 is 2.87 bits per heavy atom. The molecule has 84 valence electrons. The van der Waals surface area contributed by atoms with Gasteiger partial charge in [-0.25, -0.2) is 4.98 Å². The summed E-state index contributed by atoms with van der Waals surface area (Å²) in [4.78, 5) is 6.49. The molecule has 1 aromatic rings. The van der Waals surface area contributed by atoms with Crippen LogP contribution in [0.5, 0.6) is 0 Å². The number of anilines is 2. The minimum Gasteiger partial charge on any atom is -0.398 e. The molecule has 0 spiro atoms. The van der Waals surface area contributed by atoms with Gasteiger partial charge in [-0.15, -0.1) is 0 Å². The number of aromatic nitrogens is 1. The monoisotopic (exact) mass is 208 g/mol. The normalized spacial score (nSPS) is 10.7. The Balaban J connectivity index is 2.41. The van der Waals surface area contributed by atoms with Crippen molar-refractivity contribution in [1.29, 1.82) is 0 Å². The van der Waals surface area contributed by atoms with E-state index in [1.807, 2.05) is 13.0 Å². The lowest BCUT2D eigenvalue weighted by molar-refractivity contribution is 0.367. The number of rotatable bonds is 5. The average Bonchev–Trinajstić information content (AvgIpc) is 2.23. The van der Waals surface area contributed by atoms with Crippen molar-refractivity contribution in [2.24, 2.45) is 0 Å². The van der Waals surface area contributed by atoms with Gasteiger partial charge in [0.1, 0.15) is 5.82 Å². The molecule has 0 saturated carbocycles. The van der Waals surface area contributed by atoms with Crippen molar-refractivity contribution in [2.45, 2.75) is 13.8 Å². The third-order valence-corrected chi connectivity index (χ3v) is 2.48. The Morgan fingerprint density at radius 1 is 1.53 bits per heavy atom. The summed E-state index contributed by atoms with van der Waals surface area (Å²) in [6.07, 6.45) is 1.79. The molecule has 0 bridgehead atoms. The summed E-state index contributed by atoms with van der Waals surface area (Å²) in [5.74, 6) is 0.850. The summed E-state index contributed by atoms with van der Waals surface area (Å²) in [6, 6.07) is 1.88. The second-order valence-electron chi connectivity index (χ2n) is 3.75. The van der Waals surface area contributed by atoms with E-state index >= 15 is 0 Å². The van der Waals surface area contributed by atoms with Gasteiger partial charge in [0.05, 0.1) is 0 Å². The van der Waals surface area contributed by atoms with Crippen molar-refractivity contribution in [1.82, 2.24) is 9.88 Å². The second kappa shape index (κ2) is 5.56. The van der Waals surface area contributed by atoms with E-state index < -0.39 is 0 Å². The highest BCUT2D eigenvalue weighted by Gasteiger charge is 1.98. The zero-order valence-corrected chi connectivity index (χ0v) is 9.75. The number of likely N-dealkylation sites (N-methyl/N-ethyl adjacent to an activating group) is 1. The highest BCUT2D eigenvalue weighted by molar-refractivity contribution is 5.53. The molecule has 0 aliphatic carbocycles. The van der Waals surface area contributed by atoms with Crippen LogP contribution in [0.25, 0.3) is 0 Å². The molecule has 15 heavy (non-hydrogen) atoms. The summed E-state index contributed by atoms with van der Waals surface area (Å²) in [6.45, 7) is 7.05. The fraction of sp³-hybridized carbons (Fsp3) is 0.545. The first-order valence-corrected chi connectivity index (χ1v) is 5.28. The summed E-state index contributed by atoms with van der Waals surface area (Å²) >= 11 is 0. The summed E-state index contributed by atoms with van der Waals surface area (Å²) < 4.78 is 0. The van der Waals surface area contributed by atoms with Crippen LogP contribution in [-0.4, -0.2) is 36.6 Å². The molecule has 1 rings (SSSR count). The summed E-state index contributed by atoms with van der Waals surface area (Å²) in [7, 11) is 2.10. The van der Waals surface area contributed by atoms with Crippen LogP contribution in [0.3, 0.4) is 0 Å². The second-order valence-corrected chi connectivity index (χ2v) is 3.75. The van der Waals surface area contributed by atoms with E-state index in [-0.39, 0.29) is 0 Å². The summed E-state index contributed by atoms with van der Waals surface area (Å²) in [5.41, 5.74) is 7.60. The minimum atomic E-state index is 0.788. The predicted molar refractivity (Wildman–Crippen MR) is 65.0 cm³/mol. The molecule has 4 nitrogen and oxygen atoms in total. The largest absolute Gasteiger partial charge is 0.398 e. The van der Waals surface area contributed by atoms with Crippen molar-refractivity contribution < 1.29 is 0 Å². The first-order chi connectivity index (χ1) is 7.13. The Morgan fingerprint density at radius 2 is 2.27 bits per heavy atom. The molecule has 3 N–H and O–H groups in total. The fourth-order valence-electron chi connectivity index (χ4n) is 1.17. The molecule has 4 heteroatoms. The molecule has 0 aliphatic rings. The molecular formula is C11H20N4.